The number of methoxy groups -OCH3 is 3. The zero-order valence-corrected chi connectivity index (χ0v) is 14.9. The summed E-state index contributed by atoms with van der Waals surface area (Å²) in [5.41, 5.74) is 0.568. The van der Waals surface area contributed by atoms with Crippen LogP contribution in [0.1, 0.15) is 17.3 Å². The number of rotatable bonds is 8. The lowest BCUT2D eigenvalue weighted by Gasteiger charge is -2.16. The zero-order valence-electron chi connectivity index (χ0n) is 14.9. The normalized spacial score (nSPS) is 11.4. The summed E-state index contributed by atoms with van der Waals surface area (Å²) in [6, 6.07) is 12.1. The summed E-state index contributed by atoms with van der Waals surface area (Å²) in [7, 11) is 4.73. The number of hydrogen-bond donors (Lipinski definition) is 1. The molecule has 1 N–H and O–H groups in total. The molecule has 0 aromatic heterocycles. The highest BCUT2D eigenvalue weighted by molar-refractivity contribution is 5.94. The molecule has 1 atom stereocenters. The lowest BCUT2D eigenvalue weighted by Crippen LogP contribution is -2.36. The summed E-state index contributed by atoms with van der Waals surface area (Å²) in [6.45, 7) is 2.21. The van der Waals surface area contributed by atoms with Crippen LogP contribution in [0.5, 0.6) is 23.0 Å². The van der Waals surface area contributed by atoms with Gasteiger partial charge in [0.2, 0.25) is 0 Å². The fraction of sp³-hybridized carbons (Fsp3) is 0.316. The predicted octanol–water partition coefficient (Wildman–Crippen LogP) is 2.91. The first-order chi connectivity index (χ1) is 12.1. The fourth-order valence-electron chi connectivity index (χ4n) is 2.22. The van der Waals surface area contributed by atoms with Gasteiger partial charge in [-0.3, -0.25) is 4.79 Å². The molecule has 2 aromatic rings. The van der Waals surface area contributed by atoms with Gasteiger partial charge in [0, 0.05) is 11.6 Å². The van der Waals surface area contributed by atoms with Gasteiger partial charge in [-0.25, -0.2) is 0 Å². The van der Waals surface area contributed by atoms with Crippen LogP contribution < -0.4 is 24.3 Å². The molecule has 0 aliphatic rings. The van der Waals surface area contributed by atoms with Crippen LogP contribution in [0.4, 0.5) is 0 Å². The molecule has 0 aliphatic carbocycles. The molecule has 0 fully saturated rings. The highest BCUT2D eigenvalue weighted by atomic mass is 16.5. The Morgan fingerprint density at radius 1 is 0.920 bits per heavy atom. The van der Waals surface area contributed by atoms with Crippen molar-refractivity contribution in [2.45, 2.75) is 13.0 Å². The standard InChI is InChI=1S/C19H23NO5/c1-13(20-19(21)14-5-7-15(22-2)8-6-14)12-25-16-9-10-17(23-3)18(11-16)24-4/h5-11,13H,12H2,1-4H3,(H,20,21). The van der Waals surface area contributed by atoms with Gasteiger partial charge >= 0.3 is 0 Å². The van der Waals surface area contributed by atoms with Gasteiger partial charge in [-0.15, -0.1) is 0 Å². The number of hydrogen-bond acceptors (Lipinski definition) is 5. The average Bonchev–Trinajstić information content (AvgIpc) is 2.66. The highest BCUT2D eigenvalue weighted by Gasteiger charge is 2.11. The van der Waals surface area contributed by atoms with E-state index in [4.69, 9.17) is 18.9 Å². The van der Waals surface area contributed by atoms with Gasteiger partial charge in [0.1, 0.15) is 18.1 Å². The molecule has 25 heavy (non-hydrogen) atoms. The minimum Gasteiger partial charge on any atom is -0.497 e. The zero-order chi connectivity index (χ0) is 18.2. The monoisotopic (exact) mass is 345 g/mol. The van der Waals surface area contributed by atoms with Gasteiger partial charge in [0.15, 0.2) is 11.5 Å². The van der Waals surface area contributed by atoms with Crippen molar-refractivity contribution in [1.29, 1.82) is 0 Å². The minimum atomic E-state index is -0.164. The summed E-state index contributed by atoms with van der Waals surface area (Å²) in [6.07, 6.45) is 0. The molecule has 134 valence electrons. The van der Waals surface area contributed by atoms with Gasteiger partial charge in [0.05, 0.1) is 27.4 Å². The van der Waals surface area contributed by atoms with Crippen LogP contribution in [-0.4, -0.2) is 39.9 Å². The molecule has 2 rings (SSSR count). The maximum absolute atomic E-state index is 12.2. The summed E-state index contributed by atoms with van der Waals surface area (Å²) >= 11 is 0. The number of nitrogens with one attached hydrogen (secondary N) is 1. The van der Waals surface area contributed by atoms with Crippen molar-refractivity contribution >= 4 is 5.91 Å². The molecule has 0 bridgehead atoms. The van der Waals surface area contributed by atoms with Crippen molar-refractivity contribution in [3.05, 3.63) is 48.0 Å². The first-order valence-electron chi connectivity index (χ1n) is 7.87. The van der Waals surface area contributed by atoms with Gasteiger partial charge in [0.25, 0.3) is 5.91 Å². The quantitative estimate of drug-likeness (QED) is 0.797. The van der Waals surface area contributed by atoms with Crippen molar-refractivity contribution in [1.82, 2.24) is 5.32 Å². The molecule has 0 spiro atoms. The molecule has 2 aromatic carbocycles. The van der Waals surface area contributed by atoms with Gasteiger partial charge in [-0.05, 0) is 43.3 Å². The number of ether oxygens (including phenoxy) is 4. The van der Waals surface area contributed by atoms with E-state index in [1.807, 2.05) is 6.92 Å². The van der Waals surface area contributed by atoms with Crippen molar-refractivity contribution in [2.24, 2.45) is 0 Å². The van der Waals surface area contributed by atoms with Crippen molar-refractivity contribution in [2.75, 3.05) is 27.9 Å². The van der Waals surface area contributed by atoms with Crippen molar-refractivity contribution in [3.8, 4) is 23.0 Å². The molecule has 0 saturated carbocycles. The lowest BCUT2D eigenvalue weighted by molar-refractivity contribution is 0.0926. The lowest BCUT2D eigenvalue weighted by atomic mass is 10.2. The third-order valence-electron chi connectivity index (χ3n) is 3.58. The number of benzene rings is 2. The number of carbonyl (C=O) groups excluding carboxylic acids is 1. The van der Waals surface area contributed by atoms with E-state index in [1.165, 1.54) is 0 Å². The van der Waals surface area contributed by atoms with E-state index < -0.39 is 0 Å². The number of amides is 1. The second-order valence-electron chi connectivity index (χ2n) is 5.43. The van der Waals surface area contributed by atoms with E-state index in [2.05, 4.69) is 5.32 Å². The average molecular weight is 345 g/mol. The predicted molar refractivity (Wildman–Crippen MR) is 95.0 cm³/mol. The Hall–Kier alpha value is -2.89. The van der Waals surface area contributed by atoms with Crippen LogP contribution in [0.2, 0.25) is 0 Å². The molecule has 0 heterocycles. The summed E-state index contributed by atoms with van der Waals surface area (Å²) < 4.78 is 21.2. The van der Waals surface area contributed by atoms with Crippen LogP contribution in [0.3, 0.4) is 0 Å². The van der Waals surface area contributed by atoms with E-state index in [0.717, 1.165) is 0 Å². The van der Waals surface area contributed by atoms with Crippen LogP contribution in [0.25, 0.3) is 0 Å². The summed E-state index contributed by atoms with van der Waals surface area (Å²) in [4.78, 5) is 12.2. The van der Waals surface area contributed by atoms with Crippen LogP contribution >= 0.6 is 0 Å². The van der Waals surface area contributed by atoms with Crippen LogP contribution in [0, 0.1) is 0 Å². The Balaban J connectivity index is 1.89. The van der Waals surface area contributed by atoms with E-state index in [-0.39, 0.29) is 11.9 Å². The van der Waals surface area contributed by atoms with E-state index >= 15 is 0 Å². The van der Waals surface area contributed by atoms with E-state index in [0.29, 0.717) is 35.2 Å². The van der Waals surface area contributed by atoms with Gasteiger partial charge in [-0.1, -0.05) is 0 Å². The number of carbonyl (C=O) groups is 1. The smallest absolute Gasteiger partial charge is 0.251 e. The molecule has 1 unspecified atom stereocenters. The maximum atomic E-state index is 12.2. The van der Waals surface area contributed by atoms with Crippen molar-refractivity contribution < 1.29 is 23.7 Å². The molecular formula is C19H23NO5. The topological polar surface area (TPSA) is 66.0 Å². The molecule has 0 radical (unpaired) electrons. The summed E-state index contributed by atoms with van der Waals surface area (Å²) in [5.74, 6) is 2.42. The second kappa shape index (κ2) is 8.82. The third kappa shape index (κ3) is 5.04. The molecule has 0 saturated heterocycles. The second-order valence-corrected chi connectivity index (χ2v) is 5.43. The van der Waals surface area contributed by atoms with Gasteiger partial charge < -0.3 is 24.3 Å². The minimum absolute atomic E-state index is 0.161. The van der Waals surface area contributed by atoms with Crippen LogP contribution in [-0.2, 0) is 0 Å². The molecule has 0 aliphatic heterocycles. The van der Waals surface area contributed by atoms with E-state index in [9.17, 15) is 4.79 Å². The molecule has 6 nitrogen and oxygen atoms in total. The Labute approximate surface area is 147 Å². The van der Waals surface area contributed by atoms with Crippen LogP contribution in [0.15, 0.2) is 42.5 Å². The van der Waals surface area contributed by atoms with Crippen molar-refractivity contribution in [3.63, 3.8) is 0 Å². The van der Waals surface area contributed by atoms with E-state index in [1.54, 1.807) is 63.8 Å². The Morgan fingerprint density at radius 3 is 2.16 bits per heavy atom. The van der Waals surface area contributed by atoms with Gasteiger partial charge in [-0.2, -0.15) is 0 Å². The first-order valence-corrected chi connectivity index (χ1v) is 7.87. The summed E-state index contributed by atoms with van der Waals surface area (Å²) in [5, 5.41) is 2.89. The highest BCUT2D eigenvalue weighted by Crippen LogP contribution is 2.30. The first kappa shape index (κ1) is 18.4. The Morgan fingerprint density at radius 2 is 1.56 bits per heavy atom. The maximum Gasteiger partial charge on any atom is 0.251 e. The molecular weight excluding hydrogens is 322 g/mol. The third-order valence-corrected chi connectivity index (χ3v) is 3.58. The largest absolute Gasteiger partial charge is 0.497 e. The fourth-order valence-corrected chi connectivity index (χ4v) is 2.22. The SMILES string of the molecule is COc1ccc(C(=O)NC(C)COc2ccc(OC)c(OC)c2)cc1. The molecule has 6 heteroatoms. The Kier molecular flexibility index (Phi) is 6.51. The Bertz CT molecular complexity index is 699. The molecule has 1 amide bonds.